The molecule has 0 spiro atoms. The lowest BCUT2D eigenvalue weighted by molar-refractivity contribution is -0.105. The second-order valence-corrected chi connectivity index (χ2v) is 3.02. The van der Waals surface area contributed by atoms with Crippen LogP contribution in [0.1, 0.15) is 0 Å². The van der Waals surface area contributed by atoms with Crippen molar-refractivity contribution in [2.45, 2.75) is 0 Å². The van der Waals surface area contributed by atoms with Crippen molar-refractivity contribution >= 4 is 34.7 Å². The van der Waals surface area contributed by atoms with E-state index in [0.717, 1.165) is 0 Å². The second-order valence-electron chi connectivity index (χ2n) is 2.61. The molecular weight excluding hydrogens is 209 g/mol. The number of halogens is 2. The molecule has 2 aromatic rings. The molecule has 1 amide bonds. The van der Waals surface area contributed by atoms with Gasteiger partial charge >= 0.3 is 0 Å². The number of H-pyrrole nitrogens is 1. The molecular formula is C8H5ClFN3O. The molecule has 1 heterocycles. The lowest BCUT2D eigenvalue weighted by atomic mass is 10.2. The molecule has 0 aliphatic rings. The highest BCUT2D eigenvalue weighted by Gasteiger charge is 2.13. The van der Waals surface area contributed by atoms with Crippen LogP contribution in [0.3, 0.4) is 0 Å². The van der Waals surface area contributed by atoms with Gasteiger partial charge in [-0.1, -0.05) is 11.6 Å². The van der Waals surface area contributed by atoms with Crippen molar-refractivity contribution in [3.05, 3.63) is 23.2 Å². The molecule has 1 aromatic heterocycles. The molecule has 0 atom stereocenters. The molecule has 0 fully saturated rings. The Morgan fingerprint density at radius 2 is 2.43 bits per heavy atom. The summed E-state index contributed by atoms with van der Waals surface area (Å²) in [4.78, 5) is 16.7. The maximum atomic E-state index is 13.6. The van der Waals surface area contributed by atoms with Crippen LogP contribution in [0.5, 0.6) is 0 Å². The van der Waals surface area contributed by atoms with Gasteiger partial charge in [0.15, 0.2) is 5.82 Å². The first kappa shape index (κ1) is 8.96. The number of aromatic nitrogens is 2. The fraction of sp³-hybridized carbons (Fsp3) is 0. The average molecular weight is 214 g/mol. The molecule has 1 aromatic carbocycles. The molecule has 4 nitrogen and oxygen atoms in total. The number of nitrogens with one attached hydrogen (secondary N) is 2. The molecule has 2 rings (SSSR count). The second kappa shape index (κ2) is 3.26. The van der Waals surface area contributed by atoms with Gasteiger partial charge in [0, 0.05) is 0 Å². The Bertz CT molecular complexity index is 497. The highest BCUT2D eigenvalue weighted by Crippen LogP contribution is 2.30. The molecule has 0 aliphatic heterocycles. The number of amides is 1. The lowest BCUT2D eigenvalue weighted by Gasteiger charge is -2.03. The maximum absolute atomic E-state index is 13.6. The molecule has 0 unspecified atom stereocenters. The zero-order chi connectivity index (χ0) is 10.1. The summed E-state index contributed by atoms with van der Waals surface area (Å²) < 4.78 is 13.6. The van der Waals surface area contributed by atoms with Gasteiger partial charge in [0.25, 0.3) is 0 Å². The first-order valence-corrected chi connectivity index (χ1v) is 4.13. The van der Waals surface area contributed by atoms with Crippen LogP contribution in [0, 0.1) is 5.82 Å². The van der Waals surface area contributed by atoms with E-state index in [1.54, 1.807) is 0 Å². The van der Waals surface area contributed by atoms with Crippen LogP contribution in [0.15, 0.2) is 12.4 Å². The minimum Gasteiger partial charge on any atom is -0.344 e. The SMILES string of the molecule is O=CNc1c(Cl)cc2[nH]cnc2c1F. The minimum atomic E-state index is -0.638. The Labute approximate surface area is 83.1 Å². The molecule has 0 bridgehead atoms. The number of carbonyl (C=O) groups is 1. The van der Waals surface area contributed by atoms with Crippen LogP contribution in [0.2, 0.25) is 5.02 Å². The van der Waals surface area contributed by atoms with Crippen LogP contribution >= 0.6 is 11.6 Å². The van der Waals surface area contributed by atoms with Gasteiger partial charge in [-0.05, 0) is 6.07 Å². The molecule has 0 aliphatic carbocycles. The number of carbonyl (C=O) groups excluding carboxylic acids is 1. The largest absolute Gasteiger partial charge is 0.344 e. The summed E-state index contributed by atoms with van der Waals surface area (Å²) in [6.45, 7) is 0. The van der Waals surface area contributed by atoms with E-state index in [-0.39, 0.29) is 16.2 Å². The number of fused-ring (bicyclic) bond motifs is 1. The van der Waals surface area contributed by atoms with Crippen molar-refractivity contribution in [2.24, 2.45) is 0 Å². The van der Waals surface area contributed by atoms with Gasteiger partial charge in [0.2, 0.25) is 6.41 Å². The Hall–Kier alpha value is -1.62. The number of imidazole rings is 1. The standard InChI is InChI=1S/C8H5ClFN3O/c9-4-1-5-8(12-2-11-5)6(10)7(4)13-3-14/h1-3H,(H,11,12)(H,13,14). The Kier molecular flexibility index (Phi) is 2.09. The number of anilines is 1. The zero-order valence-corrected chi connectivity index (χ0v) is 7.60. The molecule has 2 N–H and O–H groups in total. The summed E-state index contributed by atoms with van der Waals surface area (Å²) in [5.74, 6) is -0.638. The van der Waals surface area contributed by atoms with Crippen LogP contribution in [0.4, 0.5) is 10.1 Å². The van der Waals surface area contributed by atoms with Crippen molar-refractivity contribution in [2.75, 3.05) is 5.32 Å². The van der Waals surface area contributed by atoms with Crippen LogP contribution in [-0.2, 0) is 4.79 Å². The first-order valence-electron chi connectivity index (χ1n) is 3.75. The first-order chi connectivity index (χ1) is 6.74. The van der Waals surface area contributed by atoms with E-state index in [1.165, 1.54) is 12.4 Å². The fourth-order valence-electron chi connectivity index (χ4n) is 1.20. The Balaban J connectivity index is 2.75. The number of hydrogen-bond donors (Lipinski definition) is 2. The monoisotopic (exact) mass is 213 g/mol. The van der Waals surface area contributed by atoms with Crippen LogP contribution in [-0.4, -0.2) is 16.4 Å². The molecule has 0 saturated carbocycles. The summed E-state index contributed by atoms with van der Waals surface area (Å²) >= 11 is 5.74. The smallest absolute Gasteiger partial charge is 0.211 e. The Morgan fingerprint density at radius 1 is 1.64 bits per heavy atom. The third kappa shape index (κ3) is 1.22. The van der Waals surface area contributed by atoms with Gasteiger partial charge in [0.05, 0.1) is 22.6 Å². The van der Waals surface area contributed by atoms with E-state index in [9.17, 15) is 9.18 Å². The van der Waals surface area contributed by atoms with Gasteiger partial charge in [0.1, 0.15) is 5.52 Å². The van der Waals surface area contributed by atoms with E-state index in [1.807, 2.05) is 0 Å². The summed E-state index contributed by atoms with van der Waals surface area (Å²) in [7, 11) is 0. The molecule has 6 heteroatoms. The van der Waals surface area contributed by atoms with Crippen LogP contribution < -0.4 is 5.32 Å². The Morgan fingerprint density at radius 3 is 3.14 bits per heavy atom. The average Bonchev–Trinajstić information content (AvgIpc) is 2.60. The van der Waals surface area contributed by atoms with Gasteiger partial charge in [-0.2, -0.15) is 0 Å². The molecule has 0 radical (unpaired) electrons. The molecule has 0 saturated heterocycles. The van der Waals surface area contributed by atoms with Gasteiger partial charge in [-0.3, -0.25) is 4.79 Å². The summed E-state index contributed by atoms with van der Waals surface area (Å²) in [5, 5.41) is 2.32. The van der Waals surface area contributed by atoms with Crippen molar-refractivity contribution in [3.63, 3.8) is 0 Å². The zero-order valence-electron chi connectivity index (χ0n) is 6.84. The van der Waals surface area contributed by atoms with Gasteiger partial charge < -0.3 is 10.3 Å². The maximum Gasteiger partial charge on any atom is 0.211 e. The summed E-state index contributed by atoms with van der Waals surface area (Å²) in [6.07, 6.45) is 1.72. The quantitative estimate of drug-likeness (QED) is 0.749. The number of aromatic amines is 1. The van der Waals surface area contributed by atoms with Crippen LogP contribution in [0.25, 0.3) is 11.0 Å². The number of nitrogens with zero attached hydrogens (tertiary/aromatic N) is 1. The van der Waals surface area contributed by atoms with Gasteiger partial charge in [-0.25, -0.2) is 9.37 Å². The highest BCUT2D eigenvalue weighted by atomic mass is 35.5. The van der Waals surface area contributed by atoms with E-state index in [2.05, 4.69) is 15.3 Å². The van der Waals surface area contributed by atoms with E-state index in [0.29, 0.717) is 11.9 Å². The highest BCUT2D eigenvalue weighted by molar-refractivity contribution is 6.34. The lowest BCUT2D eigenvalue weighted by Crippen LogP contribution is -1.98. The van der Waals surface area contributed by atoms with Crippen molar-refractivity contribution in [1.29, 1.82) is 0 Å². The van der Waals surface area contributed by atoms with E-state index in [4.69, 9.17) is 11.6 Å². The van der Waals surface area contributed by atoms with E-state index < -0.39 is 5.82 Å². The van der Waals surface area contributed by atoms with Crippen molar-refractivity contribution in [1.82, 2.24) is 9.97 Å². The minimum absolute atomic E-state index is 0.0544. The van der Waals surface area contributed by atoms with Crippen molar-refractivity contribution in [3.8, 4) is 0 Å². The molecule has 72 valence electrons. The van der Waals surface area contributed by atoms with Gasteiger partial charge in [-0.15, -0.1) is 0 Å². The summed E-state index contributed by atoms with van der Waals surface area (Å²) in [5.41, 5.74) is 0.587. The fourth-order valence-corrected chi connectivity index (χ4v) is 1.45. The predicted octanol–water partition coefficient (Wildman–Crippen LogP) is 1.92. The summed E-state index contributed by atoms with van der Waals surface area (Å²) in [6, 6.07) is 1.50. The normalized spacial score (nSPS) is 10.4. The predicted molar refractivity (Wildman–Crippen MR) is 50.7 cm³/mol. The van der Waals surface area contributed by atoms with E-state index >= 15 is 0 Å². The third-order valence-corrected chi connectivity index (χ3v) is 2.11. The van der Waals surface area contributed by atoms with Crippen molar-refractivity contribution < 1.29 is 9.18 Å². The molecule has 14 heavy (non-hydrogen) atoms. The number of hydrogen-bond acceptors (Lipinski definition) is 2. The third-order valence-electron chi connectivity index (χ3n) is 1.81. The number of benzene rings is 1. The topological polar surface area (TPSA) is 57.8 Å². The number of rotatable bonds is 2.